The van der Waals surface area contributed by atoms with Crippen molar-refractivity contribution in [3.8, 4) is 5.88 Å². The molecule has 0 spiro atoms. The predicted molar refractivity (Wildman–Crippen MR) is 73.5 cm³/mol. The maximum Gasteiger partial charge on any atom is 0.314 e. The summed E-state index contributed by atoms with van der Waals surface area (Å²) in [7, 11) is 0. The first-order chi connectivity index (χ1) is 10.1. The Morgan fingerprint density at radius 2 is 2.24 bits per heavy atom. The maximum atomic E-state index is 12.2. The molecule has 0 bridgehead atoms. The lowest BCUT2D eigenvalue weighted by Gasteiger charge is -2.31. The number of piperidine rings is 1. The number of aromatic nitrogens is 1. The standard InChI is InChI=1S/C13H18F2N4O2/c14-11(15)8-21-12-10(2-1-5-17-12)18-9-3-6-19(7-4-9)13(16)20/h1-2,5,9,11,18H,3-4,6-8H2,(H2,16,20). The average molecular weight is 300 g/mol. The summed E-state index contributed by atoms with van der Waals surface area (Å²) in [5.74, 6) is 0.162. The highest BCUT2D eigenvalue weighted by atomic mass is 19.3. The monoisotopic (exact) mass is 300 g/mol. The fraction of sp³-hybridized carbons (Fsp3) is 0.538. The highest BCUT2D eigenvalue weighted by molar-refractivity contribution is 5.72. The number of ether oxygens (including phenoxy) is 1. The second-order valence-electron chi connectivity index (χ2n) is 4.80. The van der Waals surface area contributed by atoms with Gasteiger partial charge in [-0.15, -0.1) is 0 Å². The second kappa shape index (κ2) is 7.05. The first-order valence-corrected chi connectivity index (χ1v) is 6.73. The van der Waals surface area contributed by atoms with Crippen molar-refractivity contribution in [2.75, 3.05) is 25.0 Å². The molecule has 8 heteroatoms. The fourth-order valence-corrected chi connectivity index (χ4v) is 2.22. The van der Waals surface area contributed by atoms with Crippen molar-refractivity contribution in [1.82, 2.24) is 9.88 Å². The van der Waals surface area contributed by atoms with Gasteiger partial charge >= 0.3 is 6.03 Å². The largest absolute Gasteiger partial charge is 0.470 e. The third-order valence-corrected chi connectivity index (χ3v) is 3.28. The van der Waals surface area contributed by atoms with E-state index in [1.165, 1.54) is 6.20 Å². The Morgan fingerprint density at radius 3 is 2.86 bits per heavy atom. The van der Waals surface area contributed by atoms with E-state index in [9.17, 15) is 13.6 Å². The molecule has 1 aliphatic rings. The Balaban J connectivity index is 1.92. The van der Waals surface area contributed by atoms with E-state index in [2.05, 4.69) is 10.3 Å². The van der Waals surface area contributed by atoms with E-state index < -0.39 is 19.1 Å². The van der Waals surface area contributed by atoms with Crippen molar-refractivity contribution >= 4 is 11.7 Å². The number of anilines is 1. The van der Waals surface area contributed by atoms with Gasteiger partial charge in [0.1, 0.15) is 0 Å². The number of urea groups is 1. The maximum absolute atomic E-state index is 12.2. The summed E-state index contributed by atoms with van der Waals surface area (Å²) >= 11 is 0. The summed E-state index contributed by atoms with van der Waals surface area (Å²) < 4.78 is 29.4. The summed E-state index contributed by atoms with van der Waals surface area (Å²) in [6, 6.07) is 3.14. The number of rotatable bonds is 5. The topological polar surface area (TPSA) is 80.5 Å². The summed E-state index contributed by atoms with van der Waals surface area (Å²) in [5.41, 5.74) is 5.80. The number of nitrogens with one attached hydrogen (secondary N) is 1. The number of primary amides is 1. The number of nitrogens with zero attached hydrogens (tertiary/aromatic N) is 2. The van der Waals surface area contributed by atoms with E-state index in [1.54, 1.807) is 17.0 Å². The van der Waals surface area contributed by atoms with Crippen LogP contribution in [-0.4, -0.2) is 48.1 Å². The van der Waals surface area contributed by atoms with Gasteiger partial charge in [0.2, 0.25) is 5.88 Å². The van der Waals surface area contributed by atoms with Gasteiger partial charge in [0, 0.05) is 25.3 Å². The smallest absolute Gasteiger partial charge is 0.314 e. The first-order valence-electron chi connectivity index (χ1n) is 6.73. The van der Waals surface area contributed by atoms with Gasteiger partial charge in [-0.3, -0.25) is 0 Å². The van der Waals surface area contributed by atoms with Crippen LogP contribution < -0.4 is 15.8 Å². The molecule has 0 atom stereocenters. The number of likely N-dealkylation sites (tertiary alicyclic amines) is 1. The number of pyridine rings is 1. The SMILES string of the molecule is NC(=O)N1CCC(Nc2cccnc2OCC(F)F)CC1. The third-order valence-electron chi connectivity index (χ3n) is 3.28. The van der Waals surface area contributed by atoms with Crippen molar-refractivity contribution in [3.63, 3.8) is 0 Å². The van der Waals surface area contributed by atoms with Gasteiger partial charge in [-0.1, -0.05) is 0 Å². The van der Waals surface area contributed by atoms with Gasteiger partial charge in [-0.25, -0.2) is 18.6 Å². The molecule has 0 aromatic carbocycles. The van der Waals surface area contributed by atoms with Crippen molar-refractivity contribution in [2.45, 2.75) is 25.3 Å². The average Bonchev–Trinajstić information content (AvgIpc) is 2.47. The van der Waals surface area contributed by atoms with Gasteiger partial charge in [-0.2, -0.15) is 0 Å². The lowest BCUT2D eigenvalue weighted by Crippen LogP contribution is -2.44. The highest BCUT2D eigenvalue weighted by Crippen LogP contribution is 2.24. The number of amides is 2. The molecule has 1 fully saturated rings. The molecule has 116 valence electrons. The van der Waals surface area contributed by atoms with E-state index in [0.717, 1.165) is 12.8 Å². The van der Waals surface area contributed by atoms with E-state index in [-0.39, 0.29) is 11.9 Å². The molecule has 2 rings (SSSR count). The Kier molecular flexibility index (Phi) is 5.13. The Morgan fingerprint density at radius 1 is 1.52 bits per heavy atom. The Hall–Kier alpha value is -2.12. The molecule has 0 aliphatic carbocycles. The molecule has 2 amide bonds. The van der Waals surface area contributed by atoms with Gasteiger partial charge in [0.15, 0.2) is 6.61 Å². The molecule has 0 unspecified atom stereocenters. The summed E-state index contributed by atoms with van der Waals surface area (Å²) in [5, 5.41) is 3.22. The van der Waals surface area contributed by atoms with Gasteiger partial charge < -0.3 is 20.7 Å². The van der Waals surface area contributed by atoms with Crippen LogP contribution in [-0.2, 0) is 0 Å². The van der Waals surface area contributed by atoms with Crippen LogP contribution in [0.25, 0.3) is 0 Å². The van der Waals surface area contributed by atoms with Crippen molar-refractivity contribution in [2.24, 2.45) is 5.73 Å². The molecular formula is C13H18F2N4O2. The minimum Gasteiger partial charge on any atom is -0.470 e. The number of hydrogen-bond acceptors (Lipinski definition) is 4. The van der Waals surface area contributed by atoms with Crippen LogP contribution >= 0.6 is 0 Å². The van der Waals surface area contributed by atoms with Crippen LogP contribution in [0.5, 0.6) is 5.88 Å². The second-order valence-corrected chi connectivity index (χ2v) is 4.80. The van der Waals surface area contributed by atoms with E-state index in [4.69, 9.17) is 10.5 Å². The minimum atomic E-state index is -2.54. The predicted octanol–water partition coefficient (Wildman–Crippen LogP) is 1.68. The number of halogens is 2. The van der Waals surface area contributed by atoms with Gasteiger partial charge in [-0.05, 0) is 25.0 Å². The van der Waals surface area contributed by atoms with Crippen LogP contribution in [0.2, 0.25) is 0 Å². The van der Waals surface area contributed by atoms with Crippen LogP contribution in [0.4, 0.5) is 19.3 Å². The molecule has 21 heavy (non-hydrogen) atoms. The van der Waals surface area contributed by atoms with Crippen LogP contribution in [0.15, 0.2) is 18.3 Å². The molecule has 1 aromatic heterocycles. The normalized spacial score (nSPS) is 16.0. The van der Waals surface area contributed by atoms with Gasteiger partial charge in [0.05, 0.1) is 5.69 Å². The fourth-order valence-electron chi connectivity index (χ4n) is 2.22. The van der Waals surface area contributed by atoms with Crippen LogP contribution in [0, 0.1) is 0 Å². The van der Waals surface area contributed by atoms with Crippen molar-refractivity contribution in [3.05, 3.63) is 18.3 Å². The van der Waals surface area contributed by atoms with Crippen molar-refractivity contribution < 1.29 is 18.3 Å². The Bertz CT molecular complexity index is 479. The molecule has 1 saturated heterocycles. The number of alkyl halides is 2. The lowest BCUT2D eigenvalue weighted by molar-refractivity contribution is 0.0799. The third kappa shape index (κ3) is 4.44. The van der Waals surface area contributed by atoms with E-state index in [0.29, 0.717) is 18.8 Å². The first kappa shape index (κ1) is 15.3. The van der Waals surface area contributed by atoms with Crippen LogP contribution in [0.1, 0.15) is 12.8 Å². The highest BCUT2D eigenvalue weighted by Gasteiger charge is 2.22. The molecule has 1 aliphatic heterocycles. The van der Waals surface area contributed by atoms with E-state index in [1.807, 2.05) is 0 Å². The molecule has 6 nitrogen and oxygen atoms in total. The molecular weight excluding hydrogens is 282 g/mol. The minimum absolute atomic E-state index is 0.124. The quantitative estimate of drug-likeness (QED) is 0.867. The summed E-state index contributed by atoms with van der Waals surface area (Å²) in [6.45, 7) is 0.451. The molecule has 0 radical (unpaired) electrons. The lowest BCUT2D eigenvalue weighted by atomic mass is 10.1. The van der Waals surface area contributed by atoms with Crippen molar-refractivity contribution in [1.29, 1.82) is 0 Å². The van der Waals surface area contributed by atoms with E-state index >= 15 is 0 Å². The van der Waals surface area contributed by atoms with Gasteiger partial charge in [0.25, 0.3) is 6.43 Å². The number of hydrogen-bond donors (Lipinski definition) is 2. The number of nitrogens with two attached hydrogens (primary N) is 1. The zero-order valence-electron chi connectivity index (χ0n) is 11.5. The molecule has 3 N–H and O–H groups in total. The molecule has 2 heterocycles. The van der Waals surface area contributed by atoms with Crippen LogP contribution in [0.3, 0.4) is 0 Å². The summed E-state index contributed by atoms with van der Waals surface area (Å²) in [6.07, 6.45) is 0.401. The summed E-state index contributed by atoms with van der Waals surface area (Å²) in [4.78, 5) is 16.6. The zero-order valence-corrected chi connectivity index (χ0v) is 11.5. The number of carbonyl (C=O) groups is 1. The Labute approximate surface area is 121 Å². The number of carbonyl (C=O) groups excluding carboxylic acids is 1. The molecule has 0 saturated carbocycles. The molecule has 1 aromatic rings. The zero-order chi connectivity index (χ0) is 15.2.